The minimum atomic E-state index is 0.675. The largest absolute Gasteiger partial charge is 0.329 e. The lowest BCUT2D eigenvalue weighted by molar-refractivity contribution is 0.157. The van der Waals surface area contributed by atoms with E-state index in [4.69, 9.17) is 22.9 Å². The van der Waals surface area contributed by atoms with E-state index in [1.165, 1.54) is 0 Å². The summed E-state index contributed by atoms with van der Waals surface area (Å²) in [5, 5.41) is 6.88. The Balaban J connectivity index is 4.94. The fraction of sp³-hybridized carbons (Fsp3) is 1.00. The van der Waals surface area contributed by atoms with Crippen LogP contribution in [-0.4, -0.2) is 176 Å². The van der Waals surface area contributed by atoms with Gasteiger partial charge in [-0.1, -0.05) is 6.92 Å². The lowest BCUT2D eigenvalue weighted by Crippen LogP contribution is -2.46. The van der Waals surface area contributed by atoms with Gasteiger partial charge in [0.15, 0.2) is 0 Å². The first-order chi connectivity index (χ1) is 17.0. The van der Waals surface area contributed by atoms with Crippen molar-refractivity contribution in [2.75, 3.05) is 152 Å². The zero-order valence-electron chi connectivity index (χ0n) is 23.4. The summed E-state index contributed by atoms with van der Waals surface area (Å²) in [6.45, 7) is 21.9. The van der Waals surface area contributed by atoms with Gasteiger partial charge in [0.05, 0.1) is 0 Å². The van der Waals surface area contributed by atoms with Crippen LogP contribution in [0.3, 0.4) is 0 Å². The van der Waals surface area contributed by atoms with Gasteiger partial charge in [0.2, 0.25) is 0 Å². The Hall–Kier alpha value is -0.440. The number of nitrogens with one attached hydrogen (secondary N) is 2. The van der Waals surface area contributed by atoms with Crippen LogP contribution < -0.4 is 33.6 Å². The van der Waals surface area contributed by atoms with Crippen molar-refractivity contribution in [1.29, 1.82) is 0 Å². The number of nitrogens with zero attached hydrogens (tertiary/aromatic N) is 5. The maximum Gasteiger partial charge on any atom is 0.0110 e. The molecule has 11 heteroatoms. The predicted octanol–water partition coefficient (Wildman–Crippen LogP) is -3.21. The summed E-state index contributed by atoms with van der Waals surface area (Å²) < 4.78 is 0. The maximum atomic E-state index is 5.88. The molecule has 0 rings (SSSR count). The van der Waals surface area contributed by atoms with Gasteiger partial charge < -0.3 is 38.5 Å². The molecule has 0 amide bonds. The van der Waals surface area contributed by atoms with Crippen molar-refractivity contribution in [3.05, 3.63) is 0 Å². The highest BCUT2D eigenvalue weighted by Gasteiger charge is 2.13. The molecule has 0 fully saturated rings. The van der Waals surface area contributed by atoms with Crippen LogP contribution in [0.5, 0.6) is 0 Å². The molecular formula is C24H61N11. The van der Waals surface area contributed by atoms with E-state index in [2.05, 4.69) is 56.2 Å². The van der Waals surface area contributed by atoms with Gasteiger partial charge in [-0.3, -0.25) is 19.6 Å². The molecule has 0 aromatic carbocycles. The van der Waals surface area contributed by atoms with Gasteiger partial charge in [0, 0.05) is 131 Å². The van der Waals surface area contributed by atoms with E-state index in [1.807, 2.05) is 0 Å². The van der Waals surface area contributed by atoms with Crippen molar-refractivity contribution in [1.82, 2.24) is 35.1 Å². The zero-order valence-corrected chi connectivity index (χ0v) is 23.4. The standard InChI is InChI=1S/C24H61N11/c1-4-29-10-15-33(14-8-28)20-21-34(16-11-30-9-5-25)22-24-35(18-17-31(2)3)23-19-32(12-6-26)13-7-27/h29-30H,4-28H2,1-3H3. The monoisotopic (exact) mass is 504 g/mol. The topological polar surface area (TPSA) is 144 Å². The highest BCUT2D eigenvalue weighted by molar-refractivity contribution is 4.71. The average molecular weight is 504 g/mol. The smallest absolute Gasteiger partial charge is 0.0110 e. The number of likely N-dealkylation sites (N-methyl/N-ethyl adjacent to an activating group) is 2. The fourth-order valence-electron chi connectivity index (χ4n) is 3.96. The molecule has 0 aliphatic carbocycles. The zero-order chi connectivity index (χ0) is 26.2. The molecular weight excluding hydrogens is 442 g/mol. The molecule has 0 radical (unpaired) electrons. The molecule has 0 saturated carbocycles. The summed E-state index contributed by atoms with van der Waals surface area (Å²) in [5.41, 5.74) is 23.2. The van der Waals surface area contributed by atoms with E-state index < -0.39 is 0 Å². The molecule has 0 aromatic rings. The lowest BCUT2D eigenvalue weighted by atomic mass is 10.3. The Kier molecular flexibility index (Phi) is 24.9. The molecule has 0 unspecified atom stereocenters. The van der Waals surface area contributed by atoms with E-state index in [9.17, 15) is 0 Å². The molecule has 10 N–H and O–H groups in total. The third-order valence-electron chi connectivity index (χ3n) is 6.18. The number of hydrogen-bond donors (Lipinski definition) is 6. The summed E-state index contributed by atoms with van der Waals surface area (Å²) >= 11 is 0. The SMILES string of the molecule is CCNCCN(CCN)CCN(CCNCCN)CCN(CCN(C)C)CCN(CCN)CCN. The second-order valence-corrected chi connectivity index (χ2v) is 9.43. The Bertz CT molecular complexity index is 422. The van der Waals surface area contributed by atoms with Crippen LogP contribution in [0.15, 0.2) is 0 Å². The van der Waals surface area contributed by atoms with Gasteiger partial charge >= 0.3 is 0 Å². The van der Waals surface area contributed by atoms with Crippen LogP contribution in [0.4, 0.5) is 0 Å². The summed E-state index contributed by atoms with van der Waals surface area (Å²) in [7, 11) is 4.28. The summed E-state index contributed by atoms with van der Waals surface area (Å²) in [5.74, 6) is 0. The van der Waals surface area contributed by atoms with Crippen molar-refractivity contribution in [3.8, 4) is 0 Å². The van der Waals surface area contributed by atoms with Crippen LogP contribution in [0.2, 0.25) is 0 Å². The Morgan fingerprint density at radius 3 is 1.20 bits per heavy atom. The van der Waals surface area contributed by atoms with Crippen molar-refractivity contribution < 1.29 is 0 Å². The number of nitrogens with two attached hydrogens (primary N) is 4. The van der Waals surface area contributed by atoms with Crippen LogP contribution >= 0.6 is 0 Å². The molecule has 0 heterocycles. The first kappa shape index (κ1) is 34.6. The van der Waals surface area contributed by atoms with Gasteiger partial charge in [-0.25, -0.2) is 0 Å². The first-order valence-corrected chi connectivity index (χ1v) is 13.8. The van der Waals surface area contributed by atoms with Crippen molar-refractivity contribution in [3.63, 3.8) is 0 Å². The normalized spacial score (nSPS) is 12.3. The van der Waals surface area contributed by atoms with E-state index in [-0.39, 0.29) is 0 Å². The summed E-state index contributed by atoms with van der Waals surface area (Å²) in [6, 6.07) is 0. The lowest BCUT2D eigenvalue weighted by Gasteiger charge is -2.32. The molecule has 0 aliphatic rings. The number of rotatable bonds is 27. The molecule has 0 atom stereocenters. The highest BCUT2D eigenvalue weighted by atomic mass is 15.3. The van der Waals surface area contributed by atoms with Crippen LogP contribution in [-0.2, 0) is 0 Å². The average Bonchev–Trinajstić information content (AvgIpc) is 2.83. The maximum absolute atomic E-state index is 5.88. The fourth-order valence-corrected chi connectivity index (χ4v) is 3.96. The van der Waals surface area contributed by atoms with Gasteiger partial charge in [-0.15, -0.1) is 0 Å². The van der Waals surface area contributed by atoms with E-state index in [1.54, 1.807) is 0 Å². The van der Waals surface area contributed by atoms with Crippen molar-refractivity contribution >= 4 is 0 Å². The Morgan fingerprint density at radius 1 is 0.429 bits per heavy atom. The van der Waals surface area contributed by atoms with Crippen molar-refractivity contribution in [2.24, 2.45) is 22.9 Å². The minimum Gasteiger partial charge on any atom is -0.329 e. The predicted molar refractivity (Wildman–Crippen MR) is 152 cm³/mol. The van der Waals surface area contributed by atoms with Crippen molar-refractivity contribution in [2.45, 2.75) is 6.92 Å². The van der Waals surface area contributed by atoms with Gasteiger partial charge in [-0.2, -0.15) is 0 Å². The van der Waals surface area contributed by atoms with Gasteiger partial charge in [-0.05, 0) is 20.6 Å². The molecule has 11 nitrogen and oxygen atoms in total. The van der Waals surface area contributed by atoms with E-state index in [0.29, 0.717) is 26.2 Å². The third kappa shape index (κ3) is 21.4. The van der Waals surface area contributed by atoms with E-state index in [0.717, 1.165) is 111 Å². The quantitative estimate of drug-likeness (QED) is 0.0630. The Morgan fingerprint density at radius 2 is 0.800 bits per heavy atom. The number of hydrogen-bond acceptors (Lipinski definition) is 11. The molecule has 0 saturated heterocycles. The van der Waals surface area contributed by atoms with E-state index >= 15 is 0 Å². The summed E-state index contributed by atoms with van der Waals surface area (Å²) in [6.07, 6.45) is 0. The highest BCUT2D eigenvalue weighted by Crippen LogP contribution is 1.98. The van der Waals surface area contributed by atoms with Crippen LogP contribution in [0.25, 0.3) is 0 Å². The molecule has 212 valence electrons. The molecule has 0 spiro atoms. The van der Waals surface area contributed by atoms with Gasteiger partial charge in [0.25, 0.3) is 0 Å². The second-order valence-electron chi connectivity index (χ2n) is 9.43. The second kappa shape index (κ2) is 25.2. The molecule has 0 aromatic heterocycles. The minimum absolute atomic E-state index is 0.675. The van der Waals surface area contributed by atoms with Crippen LogP contribution in [0, 0.1) is 0 Å². The first-order valence-electron chi connectivity index (χ1n) is 13.8. The molecule has 0 bridgehead atoms. The summed E-state index contributed by atoms with van der Waals surface area (Å²) in [4.78, 5) is 12.3. The molecule has 35 heavy (non-hydrogen) atoms. The van der Waals surface area contributed by atoms with Gasteiger partial charge in [0.1, 0.15) is 0 Å². The Labute approximate surface area is 216 Å². The molecule has 0 aliphatic heterocycles. The third-order valence-corrected chi connectivity index (χ3v) is 6.18. The van der Waals surface area contributed by atoms with Crippen LogP contribution in [0.1, 0.15) is 6.92 Å².